The Labute approximate surface area is 70.1 Å². The molecule has 0 amide bonds. The minimum absolute atomic E-state index is 0.0658. The molecule has 3 nitrogen and oxygen atoms in total. The van der Waals surface area contributed by atoms with Gasteiger partial charge in [-0.1, -0.05) is 6.92 Å². The van der Waals surface area contributed by atoms with Gasteiger partial charge in [-0.3, -0.25) is 4.79 Å². The number of ether oxygens (including phenoxy) is 1. The first-order valence-corrected chi connectivity index (χ1v) is 4.59. The van der Waals surface area contributed by atoms with E-state index in [0.29, 0.717) is 5.75 Å². The molecule has 1 aliphatic rings. The molecule has 64 valence electrons. The number of carbonyl (C=O) groups is 1. The molecule has 4 heteroatoms. The number of aliphatic carboxylic acids is 1. The number of hydrogen-bond acceptors (Lipinski definition) is 3. The standard InChI is InChI=1S/C7H12O3S/c1-4-5(6(8)9)3-11-7(4)10-2/h4-5,7H,3H2,1-2H3,(H,8,9). The molecule has 0 aromatic heterocycles. The summed E-state index contributed by atoms with van der Waals surface area (Å²) in [5, 5.41) is 8.73. The third-order valence-corrected chi connectivity index (χ3v) is 3.56. The molecule has 1 heterocycles. The van der Waals surface area contributed by atoms with E-state index in [0.717, 1.165) is 0 Å². The minimum Gasteiger partial charge on any atom is -0.481 e. The van der Waals surface area contributed by atoms with Crippen LogP contribution in [0, 0.1) is 11.8 Å². The molecule has 3 unspecified atom stereocenters. The van der Waals surface area contributed by atoms with Crippen molar-refractivity contribution in [1.29, 1.82) is 0 Å². The highest BCUT2D eigenvalue weighted by molar-refractivity contribution is 8.00. The van der Waals surface area contributed by atoms with Gasteiger partial charge in [-0.15, -0.1) is 11.8 Å². The Balaban J connectivity index is 2.55. The van der Waals surface area contributed by atoms with Crippen molar-refractivity contribution in [3.63, 3.8) is 0 Å². The van der Waals surface area contributed by atoms with Crippen molar-refractivity contribution in [2.45, 2.75) is 12.4 Å². The Bertz CT molecular complexity index is 160. The minimum atomic E-state index is -0.704. The number of thioether (sulfide) groups is 1. The smallest absolute Gasteiger partial charge is 0.307 e. The molecule has 1 rings (SSSR count). The van der Waals surface area contributed by atoms with Crippen LogP contribution in [0.1, 0.15) is 6.92 Å². The van der Waals surface area contributed by atoms with Crippen molar-refractivity contribution >= 4 is 17.7 Å². The van der Waals surface area contributed by atoms with Gasteiger partial charge in [-0.25, -0.2) is 0 Å². The van der Waals surface area contributed by atoms with Crippen LogP contribution in [0.2, 0.25) is 0 Å². The largest absolute Gasteiger partial charge is 0.481 e. The Morgan fingerprint density at radius 1 is 1.73 bits per heavy atom. The van der Waals surface area contributed by atoms with Crippen molar-refractivity contribution in [3.05, 3.63) is 0 Å². The Hall–Kier alpha value is -0.220. The van der Waals surface area contributed by atoms with Gasteiger partial charge in [-0.05, 0) is 0 Å². The quantitative estimate of drug-likeness (QED) is 0.683. The Morgan fingerprint density at radius 3 is 2.64 bits per heavy atom. The lowest BCUT2D eigenvalue weighted by atomic mass is 9.97. The van der Waals surface area contributed by atoms with Crippen LogP contribution < -0.4 is 0 Å². The zero-order valence-corrected chi connectivity index (χ0v) is 7.43. The highest BCUT2D eigenvalue weighted by atomic mass is 32.2. The SMILES string of the molecule is COC1SCC(C(=O)O)C1C. The number of methoxy groups -OCH3 is 1. The fraction of sp³-hybridized carbons (Fsp3) is 0.857. The normalized spacial score (nSPS) is 37.5. The van der Waals surface area contributed by atoms with E-state index in [9.17, 15) is 4.79 Å². The van der Waals surface area contributed by atoms with Crippen molar-refractivity contribution in [2.24, 2.45) is 11.8 Å². The van der Waals surface area contributed by atoms with Crippen LogP contribution in [-0.2, 0) is 9.53 Å². The molecule has 0 saturated carbocycles. The average molecular weight is 176 g/mol. The number of rotatable bonds is 2. The summed E-state index contributed by atoms with van der Waals surface area (Å²) >= 11 is 1.58. The Kier molecular flexibility index (Phi) is 2.78. The summed E-state index contributed by atoms with van der Waals surface area (Å²) in [6, 6.07) is 0. The predicted octanol–water partition coefficient (Wildman–Crippen LogP) is 1.04. The van der Waals surface area contributed by atoms with Crippen LogP contribution in [-0.4, -0.2) is 29.4 Å². The molecule has 3 atom stereocenters. The van der Waals surface area contributed by atoms with Gasteiger partial charge in [0.1, 0.15) is 5.44 Å². The van der Waals surface area contributed by atoms with E-state index in [1.54, 1.807) is 18.9 Å². The molecule has 0 aromatic rings. The molecule has 0 aliphatic carbocycles. The van der Waals surface area contributed by atoms with Crippen LogP contribution in [0.3, 0.4) is 0 Å². The molecule has 1 fully saturated rings. The van der Waals surface area contributed by atoms with Gasteiger partial charge in [-0.2, -0.15) is 0 Å². The van der Waals surface area contributed by atoms with Crippen LogP contribution in [0.5, 0.6) is 0 Å². The molecule has 0 radical (unpaired) electrons. The van der Waals surface area contributed by atoms with Gasteiger partial charge in [0.25, 0.3) is 0 Å². The summed E-state index contributed by atoms with van der Waals surface area (Å²) in [7, 11) is 1.62. The molecule has 1 saturated heterocycles. The van der Waals surface area contributed by atoms with E-state index < -0.39 is 5.97 Å². The molecule has 1 N–H and O–H groups in total. The summed E-state index contributed by atoms with van der Waals surface area (Å²) in [6.45, 7) is 1.92. The molecular weight excluding hydrogens is 164 g/mol. The second kappa shape index (κ2) is 3.45. The second-order valence-electron chi connectivity index (χ2n) is 2.74. The van der Waals surface area contributed by atoms with E-state index in [1.807, 2.05) is 6.92 Å². The predicted molar refractivity (Wildman–Crippen MR) is 43.5 cm³/mol. The van der Waals surface area contributed by atoms with Crippen molar-refractivity contribution in [1.82, 2.24) is 0 Å². The molecule has 0 aromatic carbocycles. The monoisotopic (exact) mass is 176 g/mol. The maximum Gasteiger partial charge on any atom is 0.307 e. The summed E-state index contributed by atoms with van der Waals surface area (Å²) in [5.74, 6) is -0.133. The van der Waals surface area contributed by atoms with Crippen LogP contribution in [0.4, 0.5) is 0 Å². The third kappa shape index (κ3) is 1.68. The first kappa shape index (κ1) is 8.87. The van der Waals surface area contributed by atoms with E-state index >= 15 is 0 Å². The molecule has 0 bridgehead atoms. The van der Waals surface area contributed by atoms with Crippen molar-refractivity contribution in [3.8, 4) is 0 Å². The zero-order valence-electron chi connectivity index (χ0n) is 6.61. The number of carboxylic acid groups (broad SMARTS) is 1. The first-order chi connectivity index (χ1) is 5.16. The fourth-order valence-corrected chi connectivity index (χ4v) is 2.74. The maximum atomic E-state index is 10.6. The fourth-order valence-electron chi connectivity index (χ4n) is 1.27. The van der Waals surface area contributed by atoms with Gasteiger partial charge < -0.3 is 9.84 Å². The molecule has 1 aliphatic heterocycles. The van der Waals surface area contributed by atoms with Crippen molar-refractivity contribution in [2.75, 3.05) is 12.9 Å². The maximum absolute atomic E-state index is 10.6. The highest BCUT2D eigenvalue weighted by Crippen LogP contribution is 2.36. The van der Waals surface area contributed by atoms with Gasteiger partial charge in [0.05, 0.1) is 5.92 Å². The molecule has 0 spiro atoms. The molecule has 11 heavy (non-hydrogen) atoms. The Morgan fingerprint density at radius 2 is 2.36 bits per heavy atom. The van der Waals surface area contributed by atoms with Crippen molar-refractivity contribution < 1.29 is 14.6 Å². The molecular formula is C7H12O3S. The lowest BCUT2D eigenvalue weighted by Crippen LogP contribution is -2.23. The van der Waals surface area contributed by atoms with Gasteiger partial charge in [0.2, 0.25) is 0 Å². The van der Waals surface area contributed by atoms with E-state index in [4.69, 9.17) is 9.84 Å². The second-order valence-corrected chi connectivity index (χ2v) is 3.87. The number of hydrogen-bond donors (Lipinski definition) is 1. The summed E-state index contributed by atoms with van der Waals surface area (Å²) in [6.07, 6.45) is 0. The summed E-state index contributed by atoms with van der Waals surface area (Å²) in [4.78, 5) is 10.6. The topological polar surface area (TPSA) is 46.5 Å². The van der Waals surface area contributed by atoms with Gasteiger partial charge in [0.15, 0.2) is 0 Å². The van der Waals surface area contributed by atoms with Crippen LogP contribution in [0.15, 0.2) is 0 Å². The average Bonchev–Trinajstić information content (AvgIpc) is 2.30. The first-order valence-electron chi connectivity index (χ1n) is 3.54. The van der Waals surface area contributed by atoms with Crippen LogP contribution in [0.25, 0.3) is 0 Å². The van der Waals surface area contributed by atoms with Gasteiger partial charge >= 0.3 is 5.97 Å². The van der Waals surface area contributed by atoms with E-state index in [1.165, 1.54) is 0 Å². The summed E-state index contributed by atoms with van der Waals surface area (Å²) in [5.41, 5.74) is 0.0658. The van der Waals surface area contributed by atoms with E-state index in [-0.39, 0.29) is 17.3 Å². The zero-order chi connectivity index (χ0) is 8.43. The third-order valence-electron chi connectivity index (χ3n) is 2.05. The van der Waals surface area contributed by atoms with Gasteiger partial charge in [0, 0.05) is 18.8 Å². The number of carboxylic acids is 1. The summed E-state index contributed by atoms with van der Waals surface area (Å²) < 4.78 is 5.10. The lowest BCUT2D eigenvalue weighted by Gasteiger charge is -2.14. The lowest BCUT2D eigenvalue weighted by molar-refractivity contribution is -0.142. The highest BCUT2D eigenvalue weighted by Gasteiger charge is 2.37. The van der Waals surface area contributed by atoms with E-state index in [2.05, 4.69) is 0 Å². The van der Waals surface area contributed by atoms with Crippen LogP contribution >= 0.6 is 11.8 Å².